The van der Waals surface area contributed by atoms with Crippen molar-refractivity contribution in [3.05, 3.63) is 74.0 Å². The lowest BCUT2D eigenvalue weighted by Crippen LogP contribution is -2.27. The minimum Gasteiger partial charge on any atom is -0.233 e. The van der Waals surface area contributed by atoms with Crippen LogP contribution >= 0.6 is 27.3 Å². The lowest BCUT2D eigenvalue weighted by Gasteiger charge is -2.30. The summed E-state index contributed by atoms with van der Waals surface area (Å²) in [6.07, 6.45) is -1.82. The summed E-state index contributed by atoms with van der Waals surface area (Å²) in [5, 5.41) is 7.92. The summed E-state index contributed by atoms with van der Waals surface area (Å²) in [7, 11) is 0. The van der Waals surface area contributed by atoms with Crippen molar-refractivity contribution >= 4 is 38.7 Å². The number of hydrogen-bond donors (Lipinski definition) is 0. The third kappa shape index (κ3) is 2.93. The van der Waals surface area contributed by atoms with Crippen molar-refractivity contribution in [3.8, 4) is 0 Å². The van der Waals surface area contributed by atoms with Gasteiger partial charge in [0.15, 0.2) is 0 Å². The first kappa shape index (κ1) is 17.5. The Hall–Kier alpha value is -1.86. The molecular weight excluding hydrogens is 425 g/mol. The SMILES string of the molecule is C=C1C2=C(CCC2)C(c2cccs2)=NN1c1cc(Br)ccc1C(F)(F)F. The molecule has 2 nitrogen and oxygen atoms in total. The number of hydrazone groups is 1. The predicted molar refractivity (Wildman–Crippen MR) is 102 cm³/mol. The number of benzene rings is 1. The van der Waals surface area contributed by atoms with Gasteiger partial charge in [-0.3, -0.25) is 0 Å². The Balaban J connectivity index is 1.90. The van der Waals surface area contributed by atoms with Gasteiger partial charge in [0.05, 0.1) is 21.8 Å². The molecule has 0 bridgehead atoms. The van der Waals surface area contributed by atoms with Crippen molar-refractivity contribution in [2.75, 3.05) is 5.01 Å². The van der Waals surface area contributed by atoms with Crippen LogP contribution in [0.15, 0.2) is 68.7 Å². The van der Waals surface area contributed by atoms with Gasteiger partial charge in [0.1, 0.15) is 5.71 Å². The molecule has 4 rings (SSSR count). The van der Waals surface area contributed by atoms with Crippen molar-refractivity contribution in [1.82, 2.24) is 0 Å². The number of anilines is 1. The molecule has 0 saturated heterocycles. The third-order valence-electron chi connectivity index (χ3n) is 4.56. The molecule has 0 fully saturated rings. The van der Waals surface area contributed by atoms with Crippen LogP contribution in [0.4, 0.5) is 18.9 Å². The molecule has 2 aromatic rings. The quantitative estimate of drug-likeness (QED) is 0.506. The van der Waals surface area contributed by atoms with E-state index in [4.69, 9.17) is 0 Å². The number of hydrogen-bond acceptors (Lipinski definition) is 3. The first-order chi connectivity index (χ1) is 12.4. The van der Waals surface area contributed by atoms with Crippen LogP contribution in [0.25, 0.3) is 0 Å². The average molecular weight is 439 g/mol. The van der Waals surface area contributed by atoms with E-state index in [-0.39, 0.29) is 5.69 Å². The molecule has 1 aromatic heterocycles. The highest BCUT2D eigenvalue weighted by Crippen LogP contribution is 2.45. The molecular formula is C19H14BrF3N2S. The number of thiophene rings is 1. The van der Waals surface area contributed by atoms with Crippen molar-refractivity contribution in [1.29, 1.82) is 0 Å². The molecule has 0 saturated carbocycles. The molecule has 7 heteroatoms. The molecule has 1 aliphatic carbocycles. The van der Waals surface area contributed by atoms with Gasteiger partial charge in [-0.15, -0.1) is 11.3 Å². The van der Waals surface area contributed by atoms with Gasteiger partial charge >= 0.3 is 6.18 Å². The molecule has 1 aromatic carbocycles. The van der Waals surface area contributed by atoms with Gasteiger partial charge in [-0.05, 0) is 60.1 Å². The van der Waals surface area contributed by atoms with E-state index in [9.17, 15) is 13.2 Å². The molecule has 2 heterocycles. The molecule has 0 atom stereocenters. The second-order valence-corrected chi connectivity index (χ2v) is 8.02. The van der Waals surface area contributed by atoms with Gasteiger partial charge in [0.25, 0.3) is 0 Å². The summed E-state index contributed by atoms with van der Waals surface area (Å²) < 4.78 is 41.3. The number of nitrogens with zero attached hydrogens (tertiary/aromatic N) is 2. The van der Waals surface area contributed by atoms with Crippen molar-refractivity contribution in [3.63, 3.8) is 0 Å². The van der Waals surface area contributed by atoms with E-state index in [1.807, 2.05) is 17.5 Å². The summed E-state index contributed by atoms with van der Waals surface area (Å²) in [6, 6.07) is 7.79. The van der Waals surface area contributed by atoms with Crippen LogP contribution < -0.4 is 5.01 Å². The summed E-state index contributed by atoms with van der Waals surface area (Å²) in [5.74, 6) is 0. The molecule has 0 N–H and O–H groups in total. The van der Waals surface area contributed by atoms with Crippen LogP contribution in [0, 0.1) is 0 Å². The largest absolute Gasteiger partial charge is 0.418 e. The Bertz CT molecular complexity index is 942. The normalized spacial score (nSPS) is 17.6. The van der Waals surface area contributed by atoms with E-state index in [0.29, 0.717) is 10.2 Å². The molecule has 2 aliphatic rings. The maximum absolute atomic E-state index is 13.6. The zero-order valence-corrected chi connectivity index (χ0v) is 16.0. The van der Waals surface area contributed by atoms with Crippen LogP contribution in [0.1, 0.15) is 29.7 Å². The van der Waals surface area contributed by atoms with Crippen LogP contribution in [-0.2, 0) is 6.18 Å². The fourth-order valence-electron chi connectivity index (χ4n) is 3.40. The summed E-state index contributed by atoms with van der Waals surface area (Å²) in [4.78, 5) is 0.959. The van der Waals surface area contributed by atoms with Crippen LogP contribution in [0.3, 0.4) is 0 Å². The number of allylic oxidation sites excluding steroid dienone is 2. The first-order valence-corrected chi connectivity index (χ1v) is 9.74. The van der Waals surface area contributed by atoms with Crippen LogP contribution in [-0.4, -0.2) is 5.71 Å². The zero-order valence-electron chi connectivity index (χ0n) is 13.6. The van der Waals surface area contributed by atoms with Crippen molar-refractivity contribution in [2.24, 2.45) is 5.10 Å². The summed E-state index contributed by atoms with van der Waals surface area (Å²) >= 11 is 4.81. The van der Waals surface area contributed by atoms with Crippen molar-refractivity contribution in [2.45, 2.75) is 25.4 Å². The van der Waals surface area contributed by atoms with Gasteiger partial charge < -0.3 is 0 Å². The lowest BCUT2D eigenvalue weighted by molar-refractivity contribution is -0.137. The minimum atomic E-state index is -4.47. The topological polar surface area (TPSA) is 15.6 Å². The summed E-state index contributed by atoms with van der Waals surface area (Å²) in [5.41, 5.74) is 2.67. The Morgan fingerprint density at radius 3 is 2.62 bits per heavy atom. The van der Waals surface area contributed by atoms with Crippen molar-refractivity contribution < 1.29 is 13.2 Å². The predicted octanol–water partition coefficient (Wildman–Crippen LogP) is 6.75. The Morgan fingerprint density at radius 2 is 1.92 bits per heavy atom. The van der Waals surface area contributed by atoms with E-state index in [0.717, 1.165) is 47.1 Å². The van der Waals surface area contributed by atoms with Gasteiger partial charge in [-0.1, -0.05) is 28.6 Å². The van der Waals surface area contributed by atoms with E-state index in [2.05, 4.69) is 27.6 Å². The monoisotopic (exact) mass is 438 g/mol. The highest BCUT2D eigenvalue weighted by Gasteiger charge is 2.38. The van der Waals surface area contributed by atoms with E-state index >= 15 is 0 Å². The Kier molecular flexibility index (Phi) is 4.31. The van der Waals surface area contributed by atoms with Crippen LogP contribution in [0.2, 0.25) is 0 Å². The fourth-order valence-corrected chi connectivity index (χ4v) is 4.49. The second-order valence-electron chi connectivity index (χ2n) is 6.15. The van der Waals surface area contributed by atoms with Gasteiger partial charge in [-0.25, -0.2) is 5.01 Å². The standard InChI is InChI=1S/C19H14BrF3N2S/c1-11-13-4-2-5-14(13)18(17-6-3-9-26-17)24-25(11)16-10-12(20)7-8-15(16)19(21,22)23/h3,6-10H,1-2,4-5H2. The number of rotatable bonds is 2. The van der Waals surface area contributed by atoms with E-state index in [1.54, 1.807) is 0 Å². The third-order valence-corrected chi connectivity index (χ3v) is 5.93. The molecule has 0 amide bonds. The van der Waals surface area contributed by atoms with Crippen LogP contribution in [0.5, 0.6) is 0 Å². The molecule has 1 aliphatic heterocycles. The first-order valence-electron chi connectivity index (χ1n) is 8.07. The summed E-state index contributed by atoms with van der Waals surface area (Å²) in [6.45, 7) is 4.06. The smallest absolute Gasteiger partial charge is 0.233 e. The fraction of sp³-hybridized carbons (Fsp3) is 0.211. The Morgan fingerprint density at radius 1 is 1.15 bits per heavy atom. The van der Waals surface area contributed by atoms with Gasteiger partial charge in [0, 0.05) is 4.47 Å². The maximum atomic E-state index is 13.6. The zero-order chi connectivity index (χ0) is 18.5. The highest BCUT2D eigenvalue weighted by molar-refractivity contribution is 9.10. The van der Waals surface area contributed by atoms with E-state index < -0.39 is 11.7 Å². The molecule has 0 spiro atoms. The number of halogens is 4. The van der Waals surface area contributed by atoms with Gasteiger partial charge in [-0.2, -0.15) is 18.3 Å². The molecule has 0 radical (unpaired) electrons. The van der Waals surface area contributed by atoms with E-state index in [1.165, 1.54) is 28.5 Å². The second kappa shape index (κ2) is 6.39. The molecule has 26 heavy (non-hydrogen) atoms. The highest BCUT2D eigenvalue weighted by atomic mass is 79.9. The minimum absolute atomic E-state index is 0.00983. The number of alkyl halides is 3. The Labute approximate surface area is 161 Å². The molecule has 0 unspecified atom stereocenters. The van der Waals surface area contributed by atoms with Gasteiger partial charge in [0.2, 0.25) is 0 Å². The lowest BCUT2D eigenvalue weighted by atomic mass is 10.00. The maximum Gasteiger partial charge on any atom is 0.418 e. The molecule has 134 valence electrons. The average Bonchev–Trinajstić information content (AvgIpc) is 3.26.